The minimum Gasteiger partial charge on any atom is -0.355 e. The van der Waals surface area contributed by atoms with Gasteiger partial charge in [0, 0.05) is 18.9 Å². The van der Waals surface area contributed by atoms with Crippen LogP contribution in [0.2, 0.25) is 0 Å². The minimum atomic E-state index is 0.244. The molecule has 2 aromatic rings. The summed E-state index contributed by atoms with van der Waals surface area (Å²) in [7, 11) is 0. The predicted octanol–water partition coefficient (Wildman–Crippen LogP) is 2.27. The van der Waals surface area contributed by atoms with E-state index in [1.165, 1.54) is 6.42 Å². The molecule has 1 heterocycles. The number of imidazole rings is 1. The highest BCUT2D eigenvalue weighted by molar-refractivity contribution is 5.79. The third kappa shape index (κ3) is 2.19. The highest BCUT2D eigenvalue weighted by Crippen LogP contribution is 2.54. The summed E-state index contributed by atoms with van der Waals surface area (Å²) in [6, 6.07) is 8.01. The fraction of sp³-hybridized carbons (Fsp3) is 0.500. The van der Waals surface area contributed by atoms with Crippen LogP contribution in [0, 0.1) is 17.8 Å². The number of hydrogen-bond donors (Lipinski definition) is 2. The lowest BCUT2D eigenvalue weighted by Gasteiger charge is -2.11. The van der Waals surface area contributed by atoms with Crippen LogP contribution in [0.25, 0.3) is 11.0 Å². The molecule has 2 fully saturated rings. The number of benzene rings is 1. The Morgan fingerprint density at radius 2 is 2.05 bits per heavy atom. The minimum absolute atomic E-state index is 0.244. The van der Waals surface area contributed by atoms with Crippen LogP contribution < -0.4 is 5.32 Å². The molecule has 2 aliphatic carbocycles. The van der Waals surface area contributed by atoms with Gasteiger partial charge in [-0.05, 0) is 43.2 Å². The van der Waals surface area contributed by atoms with Crippen LogP contribution in [-0.2, 0) is 11.2 Å². The number of aromatic nitrogens is 2. The average Bonchev–Trinajstić information content (AvgIpc) is 2.88. The van der Waals surface area contributed by atoms with E-state index in [9.17, 15) is 4.79 Å². The highest BCUT2D eigenvalue weighted by Gasteiger charge is 2.47. The van der Waals surface area contributed by atoms with Crippen LogP contribution in [0.5, 0.6) is 0 Å². The summed E-state index contributed by atoms with van der Waals surface area (Å²) in [5.74, 6) is 3.19. The zero-order chi connectivity index (χ0) is 13.5. The van der Waals surface area contributed by atoms with E-state index in [2.05, 4.69) is 15.3 Å². The largest absolute Gasteiger partial charge is 0.355 e. The normalized spacial score (nSPS) is 27.5. The Morgan fingerprint density at radius 1 is 1.25 bits per heavy atom. The summed E-state index contributed by atoms with van der Waals surface area (Å²) in [4.78, 5) is 19.8. The van der Waals surface area contributed by atoms with Crippen molar-refractivity contribution in [1.29, 1.82) is 0 Å². The van der Waals surface area contributed by atoms with E-state index in [0.717, 1.165) is 48.0 Å². The van der Waals surface area contributed by atoms with Crippen LogP contribution >= 0.6 is 0 Å². The van der Waals surface area contributed by atoms with Gasteiger partial charge in [-0.3, -0.25) is 4.79 Å². The van der Waals surface area contributed by atoms with Crippen LogP contribution in [0.3, 0.4) is 0 Å². The quantitative estimate of drug-likeness (QED) is 0.894. The summed E-state index contributed by atoms with van der Waals surface area (Å²) in [5, 5.41) is 3.06. The summed E-state index contributed by atoms with van der Waals surface area (Å²) in [6.45, 7) is 0.671. The Kier molecular flexibility index (Phi) is 2.76. The second-order valence-electron chi connectivity index (χ2n) is 6.17. The van der Waals surface area contributed by atoms with Crippen LogP contribution in [0.15, 0.2) is 24.3 Å². The molecule has 2 atom stereocenters. The molecule has 2 aliphatic rings. The molecule has 0 bridgehead atoms. The smallest absolute Gasteiger partial charge is 0.223 e. The maximum absolute atomic E-state index is 12.0. The summed E-state index contributed by atoms with van der Waals surface area (Å²) < 4.78 is 0. The number of fused-ring (bicyclic) bond motifs is 2. The number of nitrogens with zero attached hydrogens (tertiary/aromatic N) is 1. The highest BCUT2D eigenvalue weighted by atomic mass is 16.1. The first-order valence-electron chi connectivity index (χ1n) is 7.51. The van der Waals surface area contributed by atoms with Crippen molar-refractivity contribution in [3.8, 4) is 0 Å². The number of nitrogens with one attached hydrogen (secondary N) is 2. The number of aromatic amines is 1. The van der Waals surface area contributed by atoms with E-state index >= 15 is 0 Å². The van der Waals surface area contributed by atoms with Crippen molar-refractivity contribution in [3.63, 3.8) is 0 Å². The van der Waals surface area contributed by atoms with E-state index < -0.39 is 0 Å². The Labute approximate surface area is 118 Å². The first-order chi connectivity index (χ1) is 9.79. The van der Waals surface area contributed by atoms with Gasteiger partial charge in [0.05, 0.1) is 11.0 Å². The number of carbonyl (C=O) groups excluding carboxylic acids is 1. The van der Waals surface area contributed by atoms with Gasteiger partial charge in [0.1, 0.15) is 5.82 Å². The standard InChI is InChI=1S/C16H19N3O/c20-16(12-8-10-7-11(10)9-12)17-6-5-15-18-13-3-1-2-4-14(13)19-15/h1-4,10-12H,5-9H2,(H,17,20)(H,18,19). The Bertz CT molecular complexity index is 605. The third-order valence-electron chi connectivity index (χ3n) is 4.71. The van der Waals surface area contributed by atoms with E-state index in [0.29, 0.717) is 6.54 Å². The monoisotopic (exact) mass is 269 g/mol. The molecule has 1 aromatic carbocycles. The van der Waals surface area contributed by atoms with Gasteiger partial charge in [0.25, 0.3) is 0 Å². The molecule has 20 heavy (non-hydrogen) atoms. The van der Waals surface area contributed by atoms with Gasteiger partial charge in [-0.2, -0.15) is 0 Å². The number of para-hydroxylation sites is 2. The topological polar surface area (TPSA) is 57.8 Å². The van der Waals surface area contributed by atoms with Gasteiger partial charge < -0.3 is 10.3 Å². The van der Waals surface area contributed by atoms with Crippen LogP contribution in [-0.4, -0.2) is 22.4 Å². The summed E-state index contributed by atoms with van der Waals surface area (Å²) in [5.41, 5.74) is 2.05. The summed E-state index contributed by atoms with van der Waals surface area (Å²) >= 11 is 0. The Balaban J connectivity index is 1.30. The zero-order valence-corrected chi connectivity index (χ0v) is 11.4. The molecule has 4 nitrogen and oxygen atoms in total. The van der Waals surface area contributed by atoms with E-state index in [1.54, 1.807) is 0 Å². The lowest BCUT2D eigenvalue weighted by atomic mass is 10.0. The van der Waals surface area contributed by atoms with Crippen LogP contribution in [0.4, 0.5) is 0 Å². The molecule has 2 N–H and O–H groups in total. The van der Waals surface area contributed by atoms with Crippen LogP contribution in [0.1, 0.15) is 25.1 Å². The Morgan fingerprint density at radius 3 is 2.85 bits per heavy atom. The second kappa shape index (κ2) is 4.62. The van der Waals surface area contributed by atoms with Crippen molar-refractivity contribution in [2.75, 3.05) is 6.54 Å². The number of amides is 1. The molecule has 0 saturated heterocycles. The molecular weight excluding hydrogens is 250 g/mol. The lowest BCUT2D eigenvalue weighted by molar-refractivity contribution is -0.125. The molecular formula is C16H19N3O. The molecule has 2 saturated carbocycles. The Hall–Kier alpha value is -1.84. The fourth-order valence-corrected chi connectivity index (χ4v) is 3.50. The third-order valence-corrected chi connectivity index (χ3v) is 4.71. The zero-order valence-electron chi connectivity index (χ0n) is 11.4. The number of H-pyrrole nitrogens is 1. The van der Waals surface area contributed by atoms with Crippen molar-refractivity contribution >= 4 is 16.9 Å². The molecule has 2 unspecified atom stereocenters. The SMILES string of the molecule is O=C(NCCc1nc2ccccc2[nH]1)C1CC2CC2C1. The average molecular weight is 269 g/mol. The molecule has 104 valence electrons. The van der Waals surface area contributed by atoms with Gasteiger partial charge >= 0.3 is 0 Å². The van der Waals surface area contributed by atoms with Gasteiger partial charge in [0.2, 0.25) is 5.91 Å². The second-order valence-corrected chi connectivity index (χ2v) is 6.17. The van der Waals surface area contributed by atoms with Gasteiger partial charge in [-0.25, -0.2) is 4.98 Å². The number of hydrogen-bond acceptors (Lipinski definition) is 2. The fourth-order valence-electron chi connectivity index (χ4n) is 3.50. The molecule has 4 rings (SSSR count). The maximum atomic E-state index is 12.0. The first-order valence-corrected chi connectivity index (χ1v) is 7.51. The number of carbonyl (C=O) groups is 1. The predicted molar refractivity (Wildman–Crippen MR) is 77.1 cm³/mol. The van der Waals surface area contributed by atoms with Crippen molar-refractivity contribution < 1.29 is 4.79 Å². The molecule has 0 radical (unpaired) electrons. The molecule has 4 heteroatoms. The van der Waals surface area contributed by atoms with Gasteiger partial charge in [0.15, 0.2) is 0 Å². The van der Waals surface area contributed by atoms with E-state index in [1.807, 2.05) is 24.3 Å². The lowest BCUT2D eigenvalue weighted by Crippen LogP contribution is -2.31. The van der Waals surface area contributed by atoms with E-state index in [-0.39, 0.29) is 11.8 Å². The molecule has 0 aliphatic heterocycles. The molecule has 1 amide bonds. The van der Waals surface area contributed by atoms with Crippen molar-refractivity contribution in [3.05, 3.63) is 30.1 Å². The molecule has 0 spiro atoms. The van der Waals surface area contributed by atoms with Crippen molar-refractivity contribution in [1.82, 2.24) is 15.3 Å². The number of rotatable bonds is 4. The molecule has 1 aromatic heterocycles. The maximum Gasteiger partial charge on any atom is 0.223 e. The van der Waals surface area contributed by atoms with E-state index in [4.69, 9.17) is 0 Å². The van der Waals surface area contributed by atoms with Gasteiger partial charge in [-0.1, -0.05) is 12.1 Å². The van der Waals surface area contributed by atoms with Crippen molar-refractivity contribution in [2.24, 2.45) is 17.8 Å². The van der Waals surface area contributed by atoms with Crippen molar-refractivity contribution in [2.45, 2.75) is 25.7 Å². The first kappa shape index (κ1) is 11.9. The van der Waals surface area contributed by atoms with Gasteiger partial charge in [-0.15, -0.1) is 0 Å². The summed E-state index contributed by atoms with van der Waals surface area (Å²) in [6.07, 6.45) is 4.35.